The van der Waals surface area contributed by atoms with Gasteiger partial charge in [0.15, 0.2) is 0 Å². The average Bonchev–Trinajstić information content (AvgIpc) is 2.47. The first-order valence-electron chi connectivity index (χ1n) is 8.39. The van der Waals surface area contributed by atoms with E-state index in [1.54, 1.807) is 0 Å². The second-order valence-electron chi connectivity index (χ2n) is 7.21. The van der Waals surface area contributed by atoms with Crippen LogP contribution in [0.4, 0.5) is 0 Å². The smallest absolute Gasteiger partial charge is 0.242 e. The molecule has 0 aromatic heterocycles. The molecule has 2 heterocycles. The molecule has 2 aliphatic heterocycles. The highest BCUT2D eigenvalue weighted by molar-refractivity contribution is 5.86. The minimum Gasteiger partial charge on any atom is -0.341 e. The quantitative estimate of drug-likeness (QED) is 0.805. The van der Waals surface area contributed by atoms with Gasteiger partial charge in [-0.15, -0.1) is 12.4 Å². The fraction of sp³-hybridized carbons (Fsp3) is 0.938. The third kappa shape index (κ3) is 3.38. The summed E-state index contributed by atoms with van der Waals surface area (Å²) in [5, 5.41) is 0. The van der Waals surface area contributed by atoms with E-state index in [1.807, 2.05) is 0 Å². The number of likely N-dealkylation sites (tertiary alicyclic amines) is 2. The van der Waals surface area contributed by atoms with Crippen molar-refractivity contribution >= 4 is 18.3 Å². The van der Waals surface area contributed by atoms with Crippen LogP contribution in [0.2, 0.25) is 0 Å². The number of rotatable bonds is 1. The Morgan fingerprint density at radius 1 is 1.10 bits per heavy atom. The summed E-state index contributed by atoms with van der Waals surface area (Å²) in [5.74, 6) is 0.905. The second-order valence-corrected chi connectivity index (χ2v) is 7.21. The van der Waals surface area contributed by atoms with E-state index in [2.05, 4.69) is 16.8 Å². The lowest BCUT2D eigenvalue weighted by molar-refractivity contribution is -0.141. The highest BCUT2D eigenvalue weighted by atomic mass is 35.5. The van der Waals surface area contributed by atoms with Crippen LogP contribution in [0.5, 0.6) is 0 Å². The van der Waals surface area contributed by atoms with Crippen LogP contribution in [0, 0.1) is 5.92 Å². The predicted molar refractivity (Wildman–Crippen MR) is 87.6 cm³/mol. The molecule has 3 fully saturated rings. The standard InChI is InChI=1S/C16H29N3O.ClH/c1-18-10-5-6-13-12-19(11-7-14(13)18)15(20)16(17)8-3-2-4-9-16;/h13-14H,2-12,17H2,1H3;1H. The Kier molecular flexibility index (Phi) is 5.55. The molecule has 2 unspecified atom stereocenters. The summed E-state index contributed by atoms with van der Waals surface area (Å²) in [7, 11) is 2.24. The fourth-order valence-corrected chi connectivity index (χ4v) is 4.55. The first-order chi connectivity index (χ1) is 9.60. The van der Waals surface area contributed by atoms with Crippen molar-refractivity contribution in [3.63, 3.8) is 0 Å². The van der Waals surface area contributed by atoms with Gasteiger partial charge >= 0.3 is 0 Å². The van der Waals surface area contributed by atoms with Crippen LogP contribution >= 0.6 is 12.4 Å². The number of carbonyl (C=O) groups is 1. The highest BCUT2D eigenvalue weighted by Gasteiger charge is 2.42. The van der Waals surface area contributed by atoms with E-state index in [9.17, 15) is 4.79 Å². The molecule has 21 heavy (non-hydrogen) atoms. The zero-order chi connectivity index (χ0) is 14.2. The molecule has 2 N–H and O–H groups in total. The Hall–Kier alpha value is -0.320. The number of nitrogens with two attached hydrogens (primary N) is 1. The van der Waals surface area contributed by atoms with E-state index in [0.29, 0.717) is 12.0 Å². The maximum atomic E-state index is 12.8. The molecule has 1 saturated carbocycles. The van der Waals surface area contributed by atoms with Gasteiger partial charge in [0.2, 0.25) is 5.91 Å². The van der Waals surface area contributed by atoms with Gasteiger partial charge in [0, 0.05) is 19.1 Å². The molecule has 3 rings (SSSR count). The maximum Gasteiger partial charge on any atom is 0.242 e. The Morgan fingerprint density at radius 3 is 2.52 bits per heavy atom. The van der Waals surface area contributed by atoms with Crippen molar-refractivity contribution in [2.75, 3.05) is 26.7 Å². The number of fused-ring (bicyclic) bond motifs is 1. The predicted octanol–water partition coefficient (Wildman–Crippen LogP) is 2.01. The number of piperidine rings is 2. The van der Waals surface area contributed by atoms with E-state index in [1.165, 1.54) is 25.8 Å². The van der Waals surface area contributed by atoms with Crippen molar-refractivity contribution in [1.82, 2.24) is 9.80 Å². The lowest BCUT2D eigenvalue weighted by Crippen LogP contribution is -2.61. The summed E-state index contributed by atoms with van der Waals surface area (Å²) < 4.78 is 0. The lowest BCUT2D eigenvalue weighted by atomic mass is 9.79. The van der Waals surface area contributed by atoms with Gasteiger partial charge in [-0.05, 0) is 51.6 Å². The van der Waals surface area contributed by atoms with Crippen molar-refractivity contribution in [3.05, 3.63) is 0 Å². The first kappa shape index (κ1) is 17.0. The summed E-state index contributed by atoms with van der Waals surface area (Å²) in [5.41, 5.74) is 5.88. The molecule has 2 saturated heterocycles. The van der Waals surface area contributed by atoms with Gasteiger partial charge in [0.05, 0.1) is 5.54 Å². The van der Waals surface area contributed by atoms with Crippen LogP contribution in [-0.4, -0.2) is 54.0 Å². The van der Waals surface area contributed by atoms with Crippen molar-refractivity contribution in [1.29, 1.82) is 0 Å². The average molecular weight is 316 g/mol. The molecular weight excluding hydrogens is 286 g/mol. The van der Waals surface area contributed by atoms with E-state index < -0.39 is 5.54 Å². The summed E-state index contributed by atoms with van der Waals surface area (Å²) in [6.07, 6.45) is 8.91. The van der Waals surface area contributed by atoms with Gasteiger partial charge in [-0.1, -0.05) is 19.3 Å². The Balaban J connectivity index is 0.00000161. The van der Waals surface area contributed by atoms with Crippen molar-refractivity contribution in [3.8, 4) is 0 Å². The Labute approximate surface area is 134 Å². The monoisotopic (exact) mass is 315 g/mol. The summed E-state index contributed by atoms with van der Waals surface area (Å²) >= 11 is 0. The number of amides is 1. The van der Waals surface area contributed by atoms with Crippen LogP contribution < -0.4 is 5.73 Å². The second kappa shape index (κ2) is 6.84. The van der Waals surface area contributed by atoms with E-state index in [-0.39, 0.29) is 18.3 Å². The third-order valence-electron chi connectivity index (χ3n) is 5.80. The lowest BCUT2D eigenvalue weighted by Gasteiger charge is -2.48. The zero-order valence-electron chi connectivity index (χ0n) is 13.2. The molecule has 1 amide bonds. The summed E-state index contributed by atoms with van der Waals surface area (Å²) in [4.78, 5) is 17.4. The largest absolute Gasteiger partial charge is 0.341 e. The van der Waals surface area contributed by atoms with Gasteiger partial charge in [0.1, 0.15) is 0 Å². The molecule has 122 valence electrons. The van der Waals surface area contributed by atoms with Crippen LogP contribution in [0.3, 0.4) is 0 Å². The molecule has 5 heteroatoms. The van der Waals surface area contributed by atoms with Crippen LogP contribution in [-0.2, 0) is 4.79 Å². The highest BCUT2D eigenvalue weighted by Crippen LogP contribution is 2.33. The number of hydrogen-bond donors (Lipinski definition) is 1. The number of carbonyl (C=O) groups excluding carboxylic acids is 1. The number of hydrogen-bond acceptors (Lipinski definition) is 3. The summed E-state index contributed by atoms with van der Waals surface area (Å²) in [6.45, 7) is 3.06. The van der Waals surface area contributed by atoms with Gasteiger partial charge < -0.3 is 15.5 Å². The van der Waals surface area contributed by atoms with Gasteiger partial charge in [-0.2, -0.15) is 0 Å². The minimum absolute atomic E-state index is 0. The molecule has 0 spiro atoms. The van der Waals surface area contributed by atoms with E-state index >= 15 is 0 Å². The molecule has 0 radical (unpaired) electrons. The first-order valence-corrected chi connectivity index (χ1v) is 8.39. The van der Waals surface area contributed by atoms with Crippen LogP contribution in [0.15, 0.2) is 0 Å². The fourth-order valence-electron chi connectivity index (χ4n) is 4.55. The zero-order valence-corrected chi connectivity index (χ0v) is 14.0. The molecule has 0 aromatic carbocycles. The van der Waals surface area contributed by atoms with Gasteiger partial charge in [0.25, 0.3) is 0 Å². The number of nitrogens with zero attached hydrogens (tertiary/aromatic N) is 2. The van der Waals surface area contributed by atoms with E-state index in [0.717, 1.165) is 45.2 Å². The third-order valence-corrected chi connectivity index (χ3v) is 5.80. The molecule has 0 aromatic rings. The van der Waals surface area contributed by atoms with Crippen molar-refractivity contribution in [2.45, 2.75) is 62.9 Å². The Bertz CT molecular complexity index is 371. The normalized spacial score (nSPS) is 33.0. The molecule has 1 aliphatic carbocycles. The van der Waals surface area contributed by atoms with Crippen molar-refractivity contribution < 1.29 is 4.79 Å². The molecule has 4 nitrogen and oxygen atoms in total. The van der Waals surface area contributed by atoms with Gasteiger partial charge in [-0.25, -0.2) is 0 Å². The minimum atomic E-state index is -0.550. The Morgan fingerprint density at radius 2 is 1.81 bits per heavy atom. The maximum absolute atomic E-state index is 12.8. The molecule has 0 bridgehead atoms. The van der Waals surface area contributed by atoms with Crippen molar-refractivity contribution in [2.24, 2.45) is 11.7 Å². The molecular formula is C16H30ClN3O. The topological polar surface area (TPSA) is 49.6 Å². The van der Waals surface area contributed by atoms with Crippen LogP contribution in [0.1, 0.15) is 51.4 Å². The summed E-state index contributed by atoms with van der Waals surface area (Å²) in [6, 6.07) is 0.688. The molecule has 3 aliphatic rings. The SMILES string of the molecule is CN1CCCC2CN(C(=O)C3(N)CCCCC3)CCC21.Cl. The van der Waals surface area contributed by atoms with Crippen LogP contribution in [0.25, 0.3) is 0 Å². The number of halogens is 1. The van der Waals surface area contributed by atoms with Gasteiger partial charge in [-0.3, -0.25) is 4.79 Å². The van der Waals surface area contributed by atoms with E-state index in [4.69, 9.17) is 5.73 Å². The molecule has 2 atom stereocenters.